The highest BCUT2D eigenvalue weighted by Crippen LogP contribution is 2.20. The van der Waals surface area contributed by atoms with Gasteiger partial charge in [-0.1, -0.05) is 0 Å². The monoisotopic (exact) mass is 362 g/mol. The number of aromatic nitrogens is 1. The Morgan fingerprint density at radius 2 is 1.81 bits per heavy atom. The third-order valence-electron chi connectivity index (χ3n) is 4.68. The van der Waals surface area contributed by atoms with Crippen molar-refractivity contribution in [2.45, 2.75) is 25.9 Å². The Kier molecular flexibility index (Phi) is 5.06. The lowest BCUT2D eigenvalue weighted by Gasteiger charge is -2.32. The van der Waals surface area contributed by atoms with E-state index in [0.29, 0.717) is 31.7 Å². The summed E-state index contributed by atoms with van der Waals surface area (Å²) in [5.74, 6) is -1.81. The SMILES string of the molecule is Cc1cc(OC2CCN(C(=O)c3ccc(F)c(F)c3)CC2)cc(=O)n1C. The number of carbonyl (C=O) groups excluding carboxylic acids is 1. The van der Waals surface area contributed by atoms with Crippen LogP contribution in [0.2, 0.25) is 0 Å². The van der Waals surface area contributed by atoms with Gasteiger partial charge in [-0.2, -0.15) is 0 Å². The van der Waals surface area contributed by atoms with E-state index in [1.54, 1.807) is 18.0 Å². The molecule has 0 unspecified atom stereocenters. The lowest BCUT2D eigenvalue weighted by molar-refractivity contribution is 0.0594. The fraction of sp³-hybridized carbons (Fsp3) is 0.368. The second-order valence-electron chi connectivity index (χ2n) is 6.47. The molecule has 0 aliphatic carbocycles. The van der Waals surface area contributed by atoms with Crippen molar-refractivity contribution in [1.82, 2.24) is 9.47 Å². The number of pyridine rings is 1. The van der Waals surface area contributed by atoms with Crippen LogP contribution in [0, 0.1) is 18.6 Å². The smallest absolute Gasteiger partial charge is 0.254 e. The highest BCUT2D eigenvalue weighted by Gasteiger charge is 2.25. The Morgan fingerprint density at radius 3 is 2.42 bits per heavy atom. The van der Waals surface area contributed by atoms with E-state index < -0.39 is 11.6 Å². The number of rotatable bonds is 3. The number of aryl methyl sites for hydroxylation is 1. The van der Waals surface area contributed by atoms with Gasteiger partial charge in [-0.25, -0.2) is 8.78 Å². The van der Waals surface area contributed by atoms with E-state index in [-0.39, 0.29) is 23.1 Å². The Hall–Kier alpha value is -2.70. The molecule has 1 fully saturated rings. The molecule has 5 nitrogen and oxygen atoms in total. The lowest BCUT2D eigenvalue weighted by atomic mass is 10.1. The van der Waals surface area contributed by atoms with Crippen molar-refractivity contribution in [3.63, 3.8) is 0 Å². The number of benzene rings is 1. The summed E-state index contributed by atoms with van der Waals surface area (Å²) in [6.45, 7) is 2.73. The zero-order valence-electron chi connectivity index (χ0n) is 14.7. The number of hydrogen-bond acceptors (Lipinski definition) is 3. The number of piperidine rings is 1. The maximum Gasteiger partial charge on any atom is 0.254 e. The third kappa shape index (κ3) is 3.76. The highest BCUT2D eigenvalue weighted by molar-refractivity contribution is 5.94. The van der Waals surface area contributed by atoms with Crippen LogP contribution in [0.3, 0.4) is 0 Å². The molecule has 1 aliphatic heterocycles. The first kappa shape index (κ1) is 18.1. The molecular weight excluding hydrogens is 342 g/mol. The first-order valence-electron chi connectivity index (χ1n) is 8.44. The maximum atomic E-state index is 13.3. The largest absolute Gasteiger partial charge is 0.490 e. The Balaban J connectivity index is 1.61. The summed E-state index contributed by atoms with van der Waals surface area (Å²) in [5, 5.41) is 0. The summed E-state index contributed by atoms with van der Waals surface area (Å²) in [7, 11) is 1.70. The molecule has 0 spiro atoms. The van der Waals surface area contributed by atoms with Crippen LogP contribution in [0.1, 0.15) is 28.9 Å². The minimum Gasteiger partial charge on any atom is -0.490 e. The van der Waals surface area contributed by atoms with Crippen molar-refractivity contribution in [2.24, 2.45) is 7.05 Å². The number of hydrogen-bond donors (Lipinski definition) is 0. The van der Waals surface area contributed by atoms with Gasteiger partial charge in [-0.3, -0.25) is 9.59 Å². The first-order valence-corrected chi connectivity index (χ1v) is 8.44. The van der Waals surface area contributed by atoms with E-state index in [1.165, 1.54) is 16.7 Å². The standard InChI is InChI=1S/C19H20F2N2O3/c1-12-9-15(11-18(24)22(12)2)26-14-5-7-23(8-6-14)19(25)13-3-4-16(20)17(21)10-13/h3-4,9-11,14H,5-8H2,1-2H3. The van der Waals surface area contributed by atoms with Crippen LogP contribution < -0.4 is 10.3 Å². The zero-order valence-corrected chi connectivity index (χ0v) is 14.7. The summed E-state index contributed by atoms with van der Waals surface area (Å²) in [4.78, 5) is 25.8. The first-order chi connectivity index (χ1) is 12.3. The van der Waals surface area contributed by atoms with Gasteiger partial charge in [0.25, 0.3) is 11.5 Å². The van der Waals surface area contributed by atoms with Gasteiger partial charge in [-0.05, 0) is 31.2 Å². The summed E-state index contributed by atoms with van der Waals surface area (Å²) in [6, 6.07) is 6.41. The van der Waals surface area contributed by atoms with Gasteiger partial charge in [0.1, 0.15) is 11.9 Å². The molecule has 0 radical (unpaired) electrons. The molecule has 0 N–H and O–H groups in total. The van der Waals surface area contributed by atoms with E-state index in [4.69, 9.17) is 4.74 Å². The lowest BCUT2D eigenvalue weighted by Crippen LogP contribution is -2.42. The van der Waals surface area contributed by atoms with Crippen molar-refractivity contribution in [1.29, 1.82) is 0 Å². The van der Waals surface area contributed by atoms with E-state index in [1.807, 2.05) is 6.92 Å². The molecule has 0 bridgehead atoms. The van der Waals surface area contributed by atoms with E-state index in [0.717, 1.165) is 17.8 Å². The zero-order chi connectivity index (χ0) is 18.8. The average Bonchev–Trinajstić information content (AvgIpc) is 2.62. The van der Waals surface area contributed by atoms with Crippen molar-refractivity contribution in [3.05, 3.63) is 63.6 Å². The van der Waals surface area contributed by atoms with Crippen LogP contribution in [-0.2, 0) is 7.05 Å². The number of ether oxygens (including phenoxy) is 1. The molecule has 2 heterocycles. The Labute approximate surface area is 149 Å². The number of halogens is 2. The minimum atomic E-state index is -1.03. The third-order valence-corrected chi connectivity index (χ3v) is 4.68. The second kappa shape index (κ2) is 7.27. The van der Waals surface area contributed by atoms with Crippen molar-refractivity contribution in [3.8, 4) is 5.75 Å². The van der Waals surface area contributed by atoms with E-state index in [2.05, 4.69) is 0 Å². The average molecular weight is 362 g/mol. The second-order valence-corrected chi connectivity index (χ2v) is 6.47. The molecule has 0 saturated carbocycles. The fourth-order valence-electron chi connectivity index (χ4n) is 2.99. The number of nitrogens with zero attached hydrogens (tertiary/aromatic N) is 2. The van der Waals surface area contributed by atoms with Crippen LogP contribution in [0.5, 0.6) is 5.75 Å². The van der Waals surface area contributed by atoms with Gasteiger partial charge in [0, 0.05) is 50.3 Å². The topological polar surface area (TPSA) is 51.5 Å². The van der Waals surface area contributed by atoms with Gasteiger partial charge in [0.15, 0.2) is 11.6 Å². The molecule has 3 rings (SSSR count). The molecular formula is C19H20F2N2O3. The Morgan fingerprint density at radius 1 is 1.12 bits per heavy atom. The molecule has 1 aromatic carbocycles. The highest BCUT2D eigenvalue weighted by atomic mass is 19.2. The van der Waals surface area contributed by atoms with Gasteiger partial charge >= 0.3 is 0 Å². The molecule has 26 heavy (non-hydrogen) atoms. The summed E-state index contributed by atoms with van der Waals surface area (Å²) < 4.78 is 33.7. The van der Waals surface area contributed by atoms with Gasteiger partial charge in [0.05, 0.1) is 0 Å². The van der Waals surface area contributed by atoms with Gasteiger partial charge in [-0.15, -0.1) is 0 Å². The number of amides is 1. The summed E-state index contributed by atoms with van der Waals surface area (Å²) in [6.07, 6.45) is 1.10. The van der Waals surface area contributed by atoms with Crippen LogP contribution in [0.4, 0.5) is 8.78 Å². The molecule has 7 heteroatoms. The normalized spacial score (nSPS) is 15.2. The predicted octanol–water partition coefficient (Wildman–Crippen LogP) is 2.66. The van der Waals surface area contributed by atoms with Crippen molar-refractivity contribution in [2.75, 3.05) is 13.1 Å². The quantitative estimate of drug-likeness (QED) is 0.844. The summed E-state index contributed by atoms with van der Waals surface area (Å²) >= 11 is 0. The molecule has 2 aromatic rings. The molecule has 1 saturated heterocycles. The molecule has 138 valence electrons. The van der Waals surface area contributed by atoms with E-state index >= 15 is 0 Å². The molecule has 1 aromatic heterocycles. The van der Waals surface area contributed by atoms with Crippen molar-refractivity contribution < 1.29 is 18.3 Å². The molecule has 1 amide bonds. The summed E-state index contributed by atoms with van der Waals surface area (Å²) in [5.41, 5.74) is 0.801. The number of carbonyl (C=O) groups is 1. The van der Waals surface area contributed by atoms with E-state index in [9.17, 15) is 18.4 Å². The van der Waals surface area contributed by atoms with Gasteiger partial charge in [0.2, 0.25) is 0 Å². The van der Waals surface area contributed by atoms with Crippen LogP contribution in [0.25, 0.3) is 0 Å². The predicted molar refractivity (Wildman–Crippen MR) is 92.3 cm³/mol. The van der Waals surface area contributed by atoms with Crippen LogP contribution in [-0.4, -0.2) is 34.6 Å². The fourth-order valence-corrected chi connectivity index (χ4v) is 2.99. The maximum absolute atomic E-state index is 13.3. The minimum absolute atomic E-state index is 0.101. The van der Waals surface area contributed by atoms with Crippen molar-refractivity contribution >= 4 is 5.91 Å². The molecule has 0 atom stereocenters. The Bertz CT molecular complexity index is 887. The number of likely N-dealkylation sites (tertiary alicyclic amines) is 1. The van der Waals surface area contributed by atoms with Crippen LogP contribution in [0.15, 0.2) is 35.1 Å². The van der Waals surface area contributed by atoms with Crippen LogP contribution >= 0.6 is 0 Å². The molecule has 1 aliphatic rings. The van der Waals surface area contributed by atoms with Gasteiger partial charge < -0.3 is 14.2 Å².